The Labute approximate surface area is 121 Å². The lowest BCUT2D eigenvalue weighted by molar-refractivity contribution is 0.0689. The van der Waals surface area contributed by atoms with E-state index in [1.807, 2.05) is 0 Å². The number of aromatic hydroxyl groups is 1. The van der Waals surface area contributed by atoms with Crippen LogP contribution in [0.1, 0.15) is 16.1 Å². The van der Waals surface area contributed by atoms with E-state index in [0.717, 1.165) is 6.26 Å². The molecule has 1 aromatic carbocycles. The van der Waals surface area contributed by atoms with Gasteiger partial charge in [-0.15, -0.1) is 0 Å². The van der Waals surface area contributed by atoms with E-state index in [1.54, 1.807) is 6.92 Å². The highest BCUT2D eigenvalue weighted by Gasteiger charge is 2.21. The first kappa shape index (κ1) is 15.0. The second-order valence-electron chi connectivity index (χ2n) is 4.75. The molecular formula is C13H14N2O5S. The predicted octanol–water partition coefficient (Wildman–Crippen LogP) is 1.20. The zero-order chi connectivity index (χ0) is 15.9. The maximum atomic E-state index is 11.9. The molecule has 8 heteroatoms. The summed E-state index contributed by atoms with van der Waals surface area (Å²) in [5.41, 5.74) is 0.720. The highest BCUT2D eigenvalue weighted by molar-refractivity contribution is 7.90. The number of carboxylic acid groups (broad SMARTS) is 1. The molecule has 2 N–H and O–H groups in total. The van der Waals surface area contributed by atoms with E-state index < -0.39 is 15.8 Å². The molecule has 0 aliphatic heterocycles. The molecule has 0 atom stereocenters. The standard InChI is InChI=1S/C13H14N2O5S/c1-7-4-12(21(3,19)20)8(5-11(7)16)10-6-9(13(17)18)14-15(10)2/h4-6,16H,1-3H3,(H,17,18). The van der Waals surface area contributed by atoms with Crippen molar-refractivity contribution in [2.45, 2.75) is 11.8 Å². The lowest BCUT2D eigenvalue weighted by Crippen LogP contribution is -2.03. The molecule has 112 valence electrons. The van der Waals surface area contributed by atoms with Gasteiger partial charge in [0.25, 0.3) is 0 Å². The molecule has 0 spiro atoms. The second kappa shape index (κ2) is 4.88. The van der Waals surface area contributed by atoms with Crippen LogP contribution in [0.4, 0.5) is 0 Å². The molecule has 7 nitrogen and oxygen atoms in total. The van der Waals surface area contributed by atoms with Gasteiger partial charge in [0.2, 0.25) is 0 Å². The first-order chi connectivity index (χ1) is 9.61. The second-order valence-corrected chi connectivity index (χ2v) is 6.73. The van der Waals surface area contributed by atoms with E-state index in [2.05, 4.69) is 5.10 Å². The Hall–Kier alpha value is -2.35. The number of benzene rings is 1. The van der Waals surface area contributed by atoms with Crippen LogP contribution in [0.5, 0.6) is 5.75 Å². The molecule has 0 amide bonds. The van der Waals surface area contributed by atoms with Crippen LogP contribution < -0.4 is 0 Å². The number of rotatable bonds is 3. The average Bonchev–Trinajstić information content (AvgIpc) is 2.73. The highest BCUT2D eigenvalue weighted by atomic mass is 32.2. The number of aromatic nitrogens is 2. The van der Waals surface area contributed by atoms with Gasteiger partial charge in [0, 0.05) is 18.9 Å². The number of hydrogen-bond donors (Lipinski definition) is 2. The van der Waals surface area contributed by atoms with Crippen molar-refractivity contribution in [1.82, 2.24) is 9.78 Å². The molecule has 1 aromatic heterocycles. The molecule has 0 aliphatic rings. The first-order valence-corrected chi connectivity index (χ1v) is 7.81. The van der Waals surface area contributed by atoms with Crippen LogP contribution in [0.15, 0.2) is 23.1 Å². The van der Waals surface area contributed by atoms with Crippen LogP contribution in [-0.2, 0) is 16.9 Å². The highest BCUT2D eigenvalue weighted by Crippen LogP contribution is 2.33. The first-order valence-electron chi connectivity index (χ1n) is 5.92. The number of nitrogens with zero attached hydrogens (tertiary/aromatic N) is 2. The Balaban J connectivity index is 2.80. The van der Waals surface area contributed by atoms with E-state index >= 15 is 0 Å². The molecule has 0 aliphatic carbocycles. The van der Waals surface area contributed by atoms with Crippen molar-refractivity contribution < 1.29 is 23.4 Å². The van der Waals surface area contributed by atoms with Crippen molar-refractivity contribution in [3.8, 4) is 17.0 Å². The van der Waals surface area contributed by atoms with Gasteiger partial charge < -0.3 is 10.2 Å². The smallest absolute Gasteiger partial charge is 0.356 e. The quantitative estimate of drug-likeness (QED) is 0.881. The van der Waals surface area contributed by atoms with Crippen LogP contribution in [0, 0.1) is 6.92 Å². The van der Waals surface area contributed by atoms with E-state index in [1.165, 1.54) is 29.9 Å². The molecule has 0 saturated carbocycles. The van der Waals surface area contributed by atoms with Crippen molar-refractivity contribution >= 4 is 15.8 Å². The molecule has 2 rings (SSSR count). The maximum Gasteiger partial charge on any atom is 0.356 e. The molecular weight excluding hydrogens is 296 g/mol. The van der Waals surface area contributed by atoms with Crippen LogP contribution in [0.25, 0.3) is 11.3 Å². The molecule has 2 aromatic rings. The molecule has 0 saturated heterocycles. The number of sulfone groups is 1. The van der Waals surface area contributed by atoms with Crippen LogP contribution in [0.2, 0.25) is 0 Å². The Morgan fingerprint density at radius 2 is 1.90 bits per heavy atom. The van der Waals surface area contributed by atoms with Gasteiger partial charge in [-0.1, -0.05) is 0 Å². The van der Waals surface area contributed by atoms with Gasteiger partial charge in [-0.25, -0.2) is 13.2 Å². The minimum absolute atomic E-state index is 0.0118. The number of phenols is 1. The fourth-order valence-electron chi connectivity index (χ4n) is 2.00. The number of carbonyl (C=O) groups is 1. The minimum atomic E-state index is -3.55. The molecule has 1 heterocycles. The van der Waals surface area contributed by atoms with Crippen molar-refractivity contribution in [3.63, 3.8) is 0 Å². The summed E-state index contributed by atoms with van der Waals surface area (Å²) in [6, 6.07) is 3.92. The van der Waals surface area contributed by atoms with Gasteiger partial charge in [0.1, 0.15) is 5.75 Å². The largest absolute Gasteiger partial charge is 0.508 e. The number of phenolic OH excluding ortho intramolecular Hbond substituents is 1. The summed E-state index contributed by atoms with van der Waals surface area (Å²) in [6.45, 7) is 1.58. The Kier molecular flexibility index (Phi) is 3.50. The Morgan fingerprint density at radius 1 is 1.29 bits per heavy atom. The van der Waals surface area contributed by atoms with Gasteiger partial charge in [-0.05, 0) is 30.7 Å². The number of carboxylic acids is 1. The summed E-state index contributed by atoms with van der Waals surface area (Å²) < 4.78 is 25.1. The third-order valence-electron chi connectivity index (χ3n) is 3.07. The lowest BCUT2D eigenvalue weighted by atomic mass is 10.1. The van der Waals surface area contributed by atoms with Crippen LogP contribution in [-0.4, -0.2) is 40.6 Å². The monoisotopic (exact) mass is 310 g/mol. The van der Waals surface area contributed by atoms with E-state index in [4.69, 9.17) is 5.11 Å². The zero-order valence-electron chi connectivity index (χ0n) is 11.7. The van der Waals surface area contributed by atoms with Crippen LogP contribution >= 0.6 is 0 Å². The van der Waals surface area contributed by atoms with Crippen molar-refractivity contribution in [1.29, 1.82) is 0 Å². The van der Waals surface area contributed by atoms with Crippen LogP contribution in [0.3, 0.4) is 0 Å². The molecule has 0 radical (unpaired) electrons. The zero-order valence-corrected chi connectivity index (χ0v) is 12.5. The van der Waals surface area contributed by atoms with Gasteiger partial charge in [-0.3, -0.25) is 4.68 Å². The average molecular weight is 310 g/mol. The minimum Gasteiger partial charge on any atom is -0.508 e. The van der Waals surface area contributed by atoms with Gasteiger partial charge >= 0.3 is 5.97 Å². The summed E-state index contributed by atoms with van der Waals surface area (Å²) in [5.74, 6) is -1.29. The number of aryl methyl sites for hydroxylation is 2. The lowest BCUT2D eigenvalue weighted by Gasteiger charge is -2.11. The summed E-state index contributed by atoms with van der Waals surface area (Å²) in [4.78, 5) is 11.0. The summed E-state index contributed by atoms with van der Waals surface area (Å²) in [7, 11) is -2.04. The number of hydrogen-bond acceptors (Lipinski definition) is 5. The van der Waals surface area contributed by atoms with Gasteiger partial charge in [0.05, 0.1) is 10.6 Å². The SMILES string of the molecule is Cc1cc(S(C)(=O)=O)c(-c2cc(C(=O)O)nn2C)cc1O. The number of aromatic carboxylic acids is 1. The molecule has 0 fully saturated rings. The fraction of sp³-hybridized carbons (Fsp3) is 0.231. The summed E-state index contributed by atoms with van der Waals surface area (Å²) in [5, 5.41) is 22.6. The van der Waals surface area contributed by atoms with E-state index in [9.17, 15) is 18.3 Å². The van der Waals surface area contributed by atoms with Crippen molar-refractivity contribution in [2.24, 2.45) is 7.05 Å². The normalized spacial score (nSPS) is 11.6. The maximum absolute atomic E-state index is 11.9. The summed E-state index contributed by atoms with van der Waals surface area (Å²) >= 11 is 0. The predicted molar refractivity (Wildman–Crippen MR) is 75.1 cm³/mol. The topological polar surface area (TPSA) is 109 Å². The van der Waals surface area contributed by atoms with Gasteiger partial charge in [-0.2, -0.15) is 5.10 Å². The third-order valence-corrected chi connectivity index (χ3v) is 4.21. The Morgan fingerprint density at radius 3 is 2.38 bits per heavy atom. The Bertz CT molecular complexity index is 836. The molecule has 21 heavy (non-hydrogen) atoms. The van der Waals surface area contributed by atoms with E-state index in [-0.39, 0.29) is 21.9 Å². The molecule has 0 bridgehead atoms. The van der Waals surface area contributed by atoms with E-state index in [0.29, 0.717) is 11.3 Å². The van der Waals surface area contributed by atoms with Gasteiger partial charge in [0.15, 0.2) is 15.5 Å². The molecule has 0 unspecified atom stereocenters. The summed E-state index contributed by atoms with van der Waals surface area (Å²) in [6.07, 6.45) is 1.05. The van der Waals surface area contributed by atoms with Crippen molar-refractivity contribution in [2.75, 3.05) is 6.26 Å². The third kappa shape index (κ3) is 2.75. The van der Waals surface area contributed by atoms with Crippen molar-refractivity contribution in [3.05, 3.63) is 29.5 Å². The fourth-order valence-corrected chi connectivity index (χ4v) is 2.95.